The Bertz CT molecular complexity index is 1180. The Balaban J connectivity index is 1.48. The molecule has 0 aliphatic carbocycles. The predicted octanol–water partition coefficient (Wildman–Crippen LogP) is 4.73. The molecule has 35 heavy (non-hydrogen) atoms. The van der Waals surface area contributed by atoms with Crippen molar-refractivity contribution in [3.8, 4) is 17.2 Å². The number of benzene rings is 2. The normalized spacial score (nSPS) is 11.6. The van der Waals surface area contributed by atoms with Crippen LogP contribution in [0.1, 0.15) is 10.4 Å². The molecule has 1 aliphatic rings. The summed E-state index contributed by atoms with van der Waals surface area (Å²) in [4.78, 5) is 30.7. The number of fused-ring (bicyclic) bond motifs is 1. The minimum absolute atomic E-state index is 0.0995. The van der Waals surface area contributed by atoms with Crippen LogP contribution < -0.4 is 19.5 Å². The number of anilines is 1. The number of urea groups is 1. The van der Waals surface area contributed by atoms with Gasteiger partial charge in [0.05, 0.1) is 13.7 Å². The summed E-state index contributed by atoms with van der Waals surface area (Å²) in [5.41, 5.74) is 1.49. The number of nitrogens with zero attached hydrogens (tertiary/aromatic N) is 2. The molecule has 0 unspecified atom stereocenters. The van der Waals surface area contributed by atoms with Crippen LogP contribution in [-0.2, 0) is 17.9 Å². The molecule has 0 saturated heterocycles. The number of hydrogen-bond acceptors (Lipinski definition) is 6. The summed E-state index contributed by atoms with van der Waals surface area (Å²) in [5, 5.41) is 4.81. The number of nitrogens with one attached hydrogen (secondary N) is 1. The Labute approximate surface area is 208 Å². The lowest BCUT2D eigenvalue weighted by atomic mass is 10.2. The van der Waals surface area contributed by atoms with Crippen molar-refractivity contribution in [2.24, 2.45) is 0 Å². The molecule has 0 atom stereocenters. The van der Waals surface area contributed by atoms with Crippen LogP contribution >= 0.6 is 11.3 Å². The average molecular weight is 494 g/mol. The highest BCUT2D eigenvalue weighted by molar-refractivity contribution is 7.09. The van der Waals surface area contributed by atoms with E-state index in [1.165, 1.54) is 4.90 Å². The van der Waals surface area contributed by atoms with E-state index in [1.54, 1.807) is 53.7 Å². The Morgan fingerprint density at radius 2 is 1.94 bits per heavy atom. The maximum Gasteiger partial charge on any atom is 0.322 e. The number of amides is 3. The molecule has 1 N–H and O–H groups in total. The minimum Gasteiger partial charge on any atom is -0.497 e. The van der Waals surface area contributed by atoms with Gasteiger partial charge < -0.3 is 29.3 Å². The fourth-order valence-electron chi connectivity index (χ4n) is 3.62. The van der Waals surface area contributed by atoms with E-state index in [4.69, 9.17) is 14.2 Å². The first kappa shape index (κ1) is 24.2. The Morgan fingerprint density at radius 1 is 1.09 bits per heavy atom. The number of methoxy groups -OCH3 is 1. The Hall–Kier alpha value is -3.98. The van der Waals surface area contributed by atoms with Crippen molar-refractivity contribution in [3.63, 3.8) is 0 Å². The molecule has 4 rings (SSSR count). The Morgan fingerprint density at radius 3 is 2.71 bits per heavy atom. The van der Waals surface area contributed by atoms with Crippen LogP contribution in [0.15, 0.2) is 72.6 Å². The number of ether oxygens (including phenoxy) is 3. The monoisotopic (exact) mass is 493 g/mol. The van der Waals surface area contributed by atoms with Gasteiger partial charge in [0, 0.05) is 29.7 Å². The van der Waals surface area contributed by atoms with Crippen LogP contribution in [0.2, 0.25) is 0 Å². The molecule has 2 heterocycles. The van der Waals surface area contributed by atoms with E-state index in [1.807, 2.05) is 35.7 Å². The second kappa shape index (κ2) is 11.4. The highest BCUT2D eigenvalue weighted by atomic mass is 32.1. The predicted molar refractivity (Wildman–Crippen MR) is 135 cm³/mol. The van der Waals surface area contributed by atoms with E-state index in [9.17, 15) is 9.59 Å². The zero-order chi connectivity index (χ0) is 24.6. The molecule has 0 radical (unpaired) electrons. The SMILES string of the molecule is C=CCN(CC(=O)N(Cc1ccc2c(c1)OCO2)Cc1cccs1)C(=O)Nc1cccc(OC)c1. The first-order chi connectivity index (χ1) is 17.1. The molecular formula is C26H27N3O5S. The minimum atomic E-state index is -0.398. The molecule has 0 fully saturated rings. The van der Waals surface area contributed by atoms with Gasteiger partial charge >= 0.3 is 6.03 Å². The van der Waals surface area contributed by atoms with Crippen LogP contribution in [0.4, 0.5) is 10.5 Å². The van der Waals surface area contributed by atoms with E-state index in [0.29, 0.717) is 36.0 Å². The second-order valence-electron chi connectivity index (χ2n) is 7.85. The largest absolute Gasteiger partial charge is 0.497 e. The van der Waals surface area contributed by atoms with E-state index in [-0.39, 0.29) is 25.8 Å². The molecule has 3 aromatic rings. The molecule has 0 spiro atoms. The maximum atomic E-state index is 13.4. The van der Waals surface area contributed by atoms with Crippen molar-refractivity contribution >= 4 is 29.0 Å². The summed E-state index contributed by atoms with van der Waals surface area (Å²) < 4.78 is 16.1. The summed E-state index contributed by atoms with van der Waals surface area (Å²) >= 11 is 1.58. The van der Waals surface area contributed by atoms with Crippen LogP contribution in [0.3, 0.4) is 0 Å². The smallest absolute Gasteiger partial charge is 0.322 e. The number of rotatable bonds is 10. The molecule has 1 aliphatic heterocycles. The summed E-state index contributed by atoms with van der Waals surface area (Å²) in [6, 6.07) is 16.2. The van der Waals surface area contributed by atoms with Gasteiger partial charge in [0.15, 0.2) is 11.5 Å². The topological polar surface area (TPSA) is 80.3 Å². The summed E-state index contributed by atoms with van der Waals surface area (Å²) in [6.07, 6.45) is 1.60. The molecular weight excluding hydrogens is 466 g/mol. The first-order valence-electron chi connectivity index (χ1n) is 11.1. The van der Waals surface area contributed by atoms with Gasteiger partial charge in [-0.25, -0.2) is 4.79 Å². The molecule has 8 nitrogen and oxygen atoms in total. The lowest BCUT2D eigenvalue weighted by Gasteiger charge is -2.27. The third kappa shape index (κ3) is 6.33. The molecule has 0 bridgehead atoms. The fourth-order valence-corrected chi connectivity index (χ4v) is 4.34. The summed E-state index contributed by atoms with van der Waals surface area (Å²) in [7, 11) is 1.56. The van der Waals surface area contributed by atoms with Gasteiger partial charge in [-0.15, -0.1) is 17.9 Å². The Kier molecular flexibility index (Phi) is 7.89. The zero-order valence-electron chi connectivity index (χ0n) is 19.4. The van der Waals surface area contributed by atoms with E-state index < -0.39 is 6.03 Å². The van der Waals surface area contributed by atoms with E-state index in [0.717, 1.165) is 10.4 Å². The van der Waals surface area contributed by atoms with Gasteiger partial charge in [0.2, 0.25) is 12.7 Å². The van der Waals surface area contributed by atoms with Gasteiger partial charge in [0.25, 0.3) is 0 Å². The van der Waals surface area contributed by atoms with E-state index in [2.05, 4.69) is 11.9 Å². The van der Waals surface area contributed by atoms with Gasteiger partial charge in [0.1, 0.15) is 12.3 Å². The summed E-state index contributed by atoms with van der Waals surface area (Å²) in [5.74, 6) is 1.80. The quantitative estimate of drug-likeness (QED) is 0.413. The van der Waals surface area contributed by atoms with Crippen molar-refractivity contribution in [1.29, 1.82) is 0 Å². The van der Waals surface area contributed by atoms with Crippen molar-refractivity contribution in [1.82, 2.24) is 9.80 Å². The number of thiophene rings is 1. The molecule has 9 heteroatoms. The average Bonchev–Trinajstić information content (AvgIpc) is 3.55. The zero-order valence-corrected chi connectivity index (χ0v) is 20.3. The number of carbonyl (C=O) groups is 2. The first-order valence-corrected chi connectivity index (χ1v) is 11.9. The molecule has 182 valence electrons. The van der Waals surface area contributed by atoms with Crippen LogP contribution in [-0.4, -0.2) is 48.7 Å². The van der Waals surface area contributed by atoms with Crippen molar-refractivity contribution in [2.75, 3.05) is 32.3 Å². The second-order valence-corrected chi connectivity index (χ2v) is 8.88. The number of hydrogen-bond donors (Lipinski definition) is 1. The van der Waals surface area contributed by atoms with Gasteiger partial charge in [-0.05, 0) is 41.3 Å². The maximum absolute atomic E-state index is 13.4. The lowest BCUT2D eigenvalue weighted by molar-refractivity contribution is -0.132. The standard InChI is InChI=1S/C26H27N3O5S/c1-3-11-28(26(31)27-20-6-4-7-21(14-20)32-2)17-25(30)29(16-22-8-5-12-35-22)15-19-9-10-23-24(13-19)34-18-33-23/h3-10,12-14H,1,11,15-18H2,2H3,(H,27,31). The fraction of sp³-hybridized carbons (Fsp3) is 0.231. The highest BCUT2D eigenvalue weighted by Crippen LogP contribution is 2.33. The molecule has 1 aromatic heterocycles. The molecule has 3 amide bonds. The third-order valence-electron chi connectivity index (χ3n) is 5.37. The van der Waals surface area contributed by atoms with Gasteiger partial charge in [-0.2, -0.15) is 0 Å². The van der Waals surface area contributed by atoms with Crippen LogP contribution in [0, 0.1) is 0 Å². The van der Waals surface area contributed by atoms with Crippen molar-refractivity contribution in [2.45, 2.75) is 13.1 Å². The molecule has 2 aromatic carbocycles. The molecule has 0 saturated carbocycles. The van der Waals surface area contributed by atoms with Crippen LogP contribution in [0.5, 0.6) is 17.2 Å². The van der Waals surface area contributed by atoms with Gasteiger partial charge in [-0.3, -0.25) is 4.79 Å². The van der Waals surface area contributed by atoms with Gasteiger partial charge in [-0.1, -0.05) is 24.3 Å². The lowest BCUT2D eigenvalue weighted by Crippen LogP contribution is -2.44. The number of carbonyl (C=O) groups excluding carboxylic acids is 2. The summed E-state index contributed by atoms with van der Waals surface area (Å²) in [6.45, 7) is 4.85. The van der Waals surface area contributed by atoms with Crippen LogP contribution in [0.25, 0.3) is 0 Å². The van der Waals surface area contributed by atoms with E-state index >= 15 is 0 Å². The highest BCUT2D eigenvalue weighted by Gasteiger charge is 2.23. The van der Waals surface area contributed by atoms with Crippen molar-refractivity contribution < 1.29 is 23.8 Å². The third-order valence-corrected chi connectivity index (χ3v) is 6.23. The van der Waals surface area contributed by atoms with Crippen molar-refractivity contribution in [3.05, 3.63) is 83.1 Å².